The van der Waals surface area contributed by atoms with Crippen molar-refractivity contribution in [3.8, 4) is 0 Å². The van der Waals surface area contributed by atoms with E-state index in [4.69, 9.17) is 5.73 Å². The van der Waals surface area contributed by atoms with E-state index in [1.807, 2.05) is 0 Å². The van der Waals surface area contributed by atoms with Gasteiger partial charge in [-0.25, -0.2) is 4.39 Å². The van der Waals surface area contributed by atoms with Gasteiger partial charge in [0.25, 0.3) is 0 Å². The van der Waals surface area contributed by atoms with Gasteiger partial charge in [-0.1, -0.05) is 0 Å². The highest BCUT2D eigenvalue weighted by molar-refractivity contribution is 4.78. The number of alkyl halides is 1. The van der Waals surface area contributed by atoms with Crippen LogP contribution < -0.4 is 5.73 Å². The molecule has 2 N–H and O–H groups in total. The lowest BCUT2D eigenvalue weighted by Crippen LogP contribution is -2.30. The molecule has 42 valence electrons. The zero-order valence-electron chi connectivity index (χ0n) is 4.23. The molecule has 1 aliphatic rings. The first-order valence-corrected chi connectivity index (χ1v) is 2.67. The van der Waals surface area contributed by atoms with Crippen molar-refractivity contribution in [1.29, 1.82) is 0 Å². The van der Waals surface area contributed by atoms with Crippen molar-refractivity contribution in [2.24, 2.45) is 11.7 Å². The molecule has 1 aliphatic carbocycles. The van der Waals surface area contributed by atoms with E-state index in [1.54, 1.807) is 0 Å². The van der Waals surface area contributed by atoms with Gasteiger partial charge in [-0.3, -0.25) is 0 Å². The maximum Gasteiger partial charge on any atom is 0.101 e. The van der Waals surface area contributed by atoms with Crippen molar-refractivity contribution in [1.82, 2.24) is 0 Å². The first-order valence-electron chi connectivity index (χ1n) is 2.67. The fraction of sp³-hybridized carbons (Fsp3) is 1.00. The van der Waals surface area contributed by atoms with Crippen molar-refractivity contribution in [2.45, 2.75) is 19.0 Å². The zero-order chi connectivity index (χ0) is 5.28. The molecule has 0 aromatic carbocycles. The van der Waals surface area contributed by atoms with E-state index in [0.717, 1.165) is 0 Å². The fourth-order valence-electron chi connectivity index (χ4n) is 0.847. The van der Waals surface area contributed by atoms with Crippen LogP contribution in [0.15, 0.2) is 0 Å². The smallest absolute Gasteiger partial charge is 0.101 e. The Labute approximate surface area is 42.7 Å². The van der Waals surface area contributed by atoms with Crippen molar-refractivity contribution < 1.29 is 4.39 Å². The summed E-state index contributed by atoms with van der Waals surface area (Å²) in [6.45, 7) is 0.667. The molecule has 0 heterocycles. The van der Waals surface area contributed by atoms with Crippen LogP contribution in [-0.2, 0) is 0 Å². The van der Waals surface area contributed by atoms with Crippen LogP contribution in [0.25, 0.3) is 0 Å². The first kappa shape index (κ1) is 5.04. The first-order chi connectivity index (χ1) is 3.33. The van der Waals surface area contributed by atoms with E-state index in [0.29, 0.717) is 25.3 Å². The number of nitrogens with two attached hydrogens (primary N) is 1. The van der Waals surface area contributed by atoms with E-state index in [-0.39, 0.29) is 0 Å². The molecule has 0 spiro atoms. The van der Waals surface area contributed by atoms with Gasteiger partial charge in [0.15, 0.2) is 0 Å². The average Bonchev–Trinajstić information content (AvgIpc) is 1.58. The van der Waals surface area contributed by atoms with Crippen LogP contribution >= 0.6 is 0 Å². The van der Waals surface area contributed by atoms with Crippen LogP contribution in [0.4, 0.5) is 4.39 Å². The summed E-state index contributed by atoms with van der Waals surface area (Å²) in [6.07, 6.45) is 0.876. The predicted molar refractivity (Wildman–Crippen MR) is 26.7 cm³/mol. The van der Waals surface area contributed by atoms with E-state index in [1.165, 1.54) is 0 Å². The molecule has 1 rings (SSSR count). The molecule has 0 aromatic rings. The standard InChI is InChI=1S/C5H10FN/c6-5-1-4(2-5)3-7/h4-5H,1-3,7H2/t4-,5-. The predicted octanol–water partition coefficient (Wildman–Crippen LogP) is 0.693. The Bertz CT molecular complexity index is 59.1. The van der Waals surface area contributed by atoms with Crippen molar-refractivity contribution >= 4 is 0 Å². The Morgan fingerprint density at radius 3 is 2.29 bits per heavy atom. The molecular weight excluding hydrogens is 93.1 g/mol. The van der Waals surface area contributed by atoms with Crippen LogP contribution in [-0.4, -0.2) is 12.7 Å². The van der Waals surface area contributed by atoms with E-state index in [2.05, 4.69) is 0 Å². The van der Waals surface area contributed by atoms with Crippen molar-refractivity contribution in [3.05, 3.63) is 0 Å². The van der Waals surface area contributed by atoms with Gasteiger partial charge in [0.1, 0.15) is 6.17 Å². The Kier molecular flexibility index (Phi) is 1.28. The summed E-state index contributed by atoms with van der Waals surface area (Å²) in [5.41, 5.74) is 5.23. The molecule has 0 aromatic heterocycles. The molecule has 1 fully saturated rings. The summed E-state index contributed by atoms with van der Waals surface area (Å²) in [6, 6.07) is 0. The molecule has 0 saturated heterocycles. The minimum absolute atomic E-state index is 0.495. The third-order valence-electron chi connectivity index (χ3n) is 1.51. The average molecular weight is 103 g/mol. The highest BCUT2D eigenvalue weighted by Gasteiger charge is 2.26. The number of hydrogen-bond acceptors (Lipinski definition) is 1. The molecule has 0 unspecified atom stereocenters. The van der Waals surface area contributed by atoms with Gasteiger partial charge in [0, 0.05) is 0 Å². The lowest BCUT2D eigenvalue weighted by atomic mass is 9.84. The summed E-state index contributed by atoms with van der Waals surface area (Å²) in [7, 11) is 0. The Balaban J connectivity index is 2.06. The molecule has 1 saturated carbocycles. The van der Waals surface area contributed by atoms with E-state index in [9.17, 15) is 4.39 Å². The quantitative estimate of drug-likeness (QED) is 0.519. The van der Waals surface area contributed by atoms with Gasteiger partial charge in [0.05, 0.1) is 0 Å². The summed E-state index contributed by atoms with van der Waals surface area (Å²) in [5.74, 6) is 0.495. The number of halogens is 1. The van der Waals surface area contributed by atoms with Crippen LogP contribution in [0.2, 0.25) is 0 Å². The van der Waals surface area contributed by atoms with Crippen LogP contribution in [0.3, 0.4) is 0 Å². The van der Waals surface area contributed by atoms with E-state index >= 15 is 0 Å². The Morgan fingerprint density at radius 2 is 2.14 bits per heavy atom. The van der Waals surface area contributed by atoms with Gasteiger partial charge < -0.3 is 5.73 Å². The molecular formula is C5H10FN. The summed E-state index contributed by atoms with van der Waals surface area (Å²) < 4.78 is 11.9. The Morgan fingerprint density at radius 1 is 1.57 bits per heavy atom. The van der Waals surface area contributed by atoms with Crippen LogP contribution in [0.5, 0.6) is 0 Å². The molecule has 0 bridgehead atoms. The molecule has 0 radical (unpaired) electrons. The van der Waals surface area contributed by atoms with Crippen molar-refractivity contribution in [3.63, 3.8) is 0 Å². The van der Waals surface area contributed by atoms with Gasteiger partial charge in [0.2, 0.25) is 0 Å². The maximum atomic E-state index is 11.9. The molecule has 0 amide bonds. The Hall–Kier alpha value is -0.110. The molecule has 7 heavy (non-hydrogen) atoms. The molecule has 2 heteroatoms. The third-order valence-corrected chi connectivity index (χ3v) is 1.51. The van der Waals surface area contributed by atoms with Gasteiger partial charge in [-0.15, -0.1) is 0 Å². The van der Waals surface area contributed by atoms with Crippen LogP contribution in [0, 0.1) is 5.92 Å². The van der Waals surface area contributed by atoms with Crippen LogP contribution in [0.1, 0.15) is 12.8 Å². The monoisotopic (exact) mass is 103 g/mol. The highest BCUT2D eigenvalue weighted by Crippen LogP contribution is 2.28. The SMILES string of the molecule is NC[C@H]1C[C@H](F)C1. The molecule has 1 nitrogen and oxygen atoms in total. The van der Waals surface area contributed by atoms with E-state index < -0.39 is 6.17 Å². The summed E-state index contributed by atoms with van der Waals surface area (Å²) in [5, 5.41) is 0. The second kappa shape index (κ2) is 1.78. The summed E-state index contributed by atoms with van der Waals surface area (Å²) in [4.78, 5) is 0. The minimum Gasteiger partial charge on any atom is -0.330 e. The maximum absolute atomic E-state index is 11.9. The minimum atomic E-state index is -0.534. The summed E-state index contributed by atoms with van der Waals surface area (Å²) >= 11 is 0. The van der Waals surface area contributed by atoms with Gasteiger partial charge >= 0.3 is 0 Å². The highest BCUT2D eigenvalue weighted by atomic mass is 19.1. The topological polar surface area (TPSA) is 26.0 Å². The fourth-order valence-corrected chi connectivity index (χ4v) is 0.847. The number of hydrogen-bond donors (Lipinski definition) is 1. The molecule has 0 atom stereocenters. The zero-order valence-corrected chi connectivity index (χ0v) is 4.23. The second-order valence-corrected chi connectivity index (χ2v) is 2.17. The second-order valence-electron chi connectivity index (χ2n) is 2.17. The van der Waals surface area contributed by atoms with Crippen molar-refractivity contribution in [2.75, 3.05) is 6.54 Å². The largest absolute Gasteiger partial charge is 0.330 e. The third kappa shape index (κ3) is 0.911. The lowest BCUT2D eigenvalue weighted by molar-refractivity contribution is 0.137. The molecule has 0 aliphatic heterocycles. The lowest BCUT2D eigenvalue weighted by Gasteiger charge is -2.27. The number of rotatable bonds is 1. The van der Waals surface area contributed by atoms with Gasteiger partial charge in [-0.2, -0.15) is 0 Å². The van der Waals surface area contributed by atoms with Gasteiger partial charge in [-0.05, 0) is 25.3 Å². The normalized spacial score (nSPS) is 40.3.